The number of carbonyl (C=O) groups is 1. The molecule has 92 valence electrons. The number of likely N-dealkylation sites (N-methyl/N-ethyl adjacent to an activating group) is 1. The highest BCUT2D eigenvalue weighted by Gasteiger charge is 2.45. The summed E-state index contributed by atoms with van der Waals surface area (Å²) in [6.07, 6.45) is 2.54. The minimum atomic E-state index is -0.887. The van der Waals surface area contributed by atoms with Gasteiger partial charge in [0.1, 0.15) is 5.60 Å². The van der Waals surface area contributed by atoms with Crippen molar-refractivity contribution in [3.63, 3.8) is 0 Å². The van der Waals surface area contributed by atoms with Crippen molar-refractivity contribution in [3.05, 3.63) is 35.9 Å². The van der Waals surface area contributed by atoms with E-state index in [-0.39, 0.29) is 11.9 Å². The fourth-order valence-corrected chi connectivity index (χ4v) is 2.77. The lowest BCUT2D eigenvalue weighted by atomic mass is 9.88. The maximum Gasteiger partial charge on any atom is 0.219 e. The second-order valence-corrected chi connectivity index (χ2v) is 4.83. The zero-order valence-corrected chi connectivity index (χ0v) is 10.4. The molecule has 0 spiro atoms. The predicted octanol–water partition coefficient (Wildman–Crippen LogP) is 1.91. The normalized spacial score (nSPS) is 28.1. The second kappa shape index (κ2) is 4.49. The fourth-order valence-electron chi connectivity index (χ4n) is 2.77. The summed E-state index contributed by atoms with van der Waals surface area (Å²) in [7, 11) is 1.77. The Morgan fingerprint density at radius 1 is 1.41 bits per heavy atom. The van der Waals surface area contributed by atoms with Crippen LogP contribution in [0.2, 0.25) is 0 Å². The van der Waals surface area contributed by atoms with Crippen molar-refractivity contribution >= 4 is 5.91 Å². The van der Waals surface area contributed by atoms with Crippen LogP contribution in [-0.2, 0) is 10.4 Å². The predicted molar refractivity (Wildman–Crippen MR) is 66.4 cm³/mol. The van der Waals surface area contributed by atoms with Crippen LogP contribution in [0.15, 0.2) is 30.3 Å². The van der Waals surface area contributed by atoms with Crippen molar-refractivity contribution in [2.45, 2.75) is 37.8 Å². The first-order valence-corrected chi connectivity index (χ1v) is 6.07. The SMILES string of the molecule is CC(=O)N(C)C1CCCC1(O)c1ccccc1. The van der Waals surface area contributed by atoms with Crippen LogP contribution < -0.4 is 0 Å². The average Bonchev–Trinajstić information content (AvgIpc) is 2.72. The van der Waals surface area contributed by atoms with Crippen LogP contribution in [0.5, 0.6) is 0 Å². The molecule has 0 heterocycles. The van der Waals surface area contributed by atoms with E-state index in [9.17, 15) is 9.90 Å². The van der Waals surface area contributed by atoms with Crippen molar-refractivity contribution in [1.82, 2.24) is 4.90 Å². The summed E-state index contributed by atoms with van der Waals surface area (Å²) in [6.45, 7) is 1.55. The molecule has 2 unspecified atom stereocenters. The Bertz CT molecular complexity index is 404. The average molecular weight is 233 g/mol. The highest BCUT2D eigenvalue weighted by molar-refractivity contribution is 5.73. The molecule has 1 aliphatic carbocycles. The monoisotopic (exact) mass is 233 g/mol. The molecule has 3 heteroatoms. The summed E-state index contributed by atoms with van der Waals surface area (Å²) in [5.41, 5.74) is 0.0254. The summed E-state index contributed by atoms with van der Waals surface area (Å²) in [5.74, 6) is 0.00579. The Morgan fingerprint density at radius 2 is 2.06 bits per heavy atom. The van der Waals surface area contributed by atoms with Gasteiger partial charge in [-0.15, -0.1) is 0 Å². The van der Waals surface area contributed by atoms with E-state index < -0.39 is 5.60 Å². The zero-order chi connectivity index (χ0) is 12.5. The number of carbonyl (C=O) groups excluding carboxylic acids is 1. The minimum absolute atomic E-state index is 0.00579. The first kappa shape index (κ1) is 12.1. The van der Waals surface area contributed by atoms with Gasteiger partial charge >= 0.3 is 0 Å². The van der Waals surface area contributed by atoms with Gasteiger partial charge in [0, 0.05) is 14.0 Å². The number of hydrogen-bond acceptors (Lipinski definition) is 2. The van der Waals surface area contributed by atoms with Crippen molar-refractivity contribution in [1.29, 1.82) is 0 Å². The molecule has 0 saturated heterocycles. The highest BCUT2D eigenvalue weighted by atomic mass is 16.3. The Hall–Kier alpha value is -1.35. The third kappa shape index (κ3) is 2.07. The molecule has 17 heavy (non-hydrogen) atoms. The number of amides is 1. The second-order valence-electron chi connectivity index (χ2n) is 4.83. The van der Waals surface area contributed by atoms with Crippen LogP contribution in [-0.4, -0.2) is 29.0 Å². The van der Waals surface area contributed by atoms with E-state index in [1.165, 1.54) is 0 Å². The van der Waals surface area contributed by atoms with Crippen LogP contribution in [0.3, 0.4) is 0 Å². The van der Waals surface area contributed by atoms with Crippen LogP contribution in [0.1, 0.15) is 31.7 Å². The minimum Gasteiger partial charge on any atom is -0.383 e. The van der Waals surface area contributed by atoms with E-state index in [1.54, 1.807) is 18.9 Å². The van der Waals surface area contributed by atoms with Crippen molar-refractivity contribution < 1.29 is 9.90 Å². The van der Waals surface area contributed by atoms with Crippen molar-refractivity contribution in [2.24, 2.45) is 0 Å². The Kier molecular flexibility index (Phi) is 3.20. The van der Waals surface area contributed by atoms with E-state index in [1.807, 2.05) is 30.3 Å². The number of benzene rings is 1. The molecule has 2 atom stereocenters. The molecule has 1 amide bonds. The van der Waals surface area contributed by atoms with E-state index >= 15 is 0 Å². The molecule has 1 saturated carbocycles. The van der Waals surface area contributed by atoms with Gasteiger partial charge < -0.3 is 10.0 Å². The van der Waals surface area contributed by atoms with Gasteiger partial charge in [-0.2, -0.15) is 0 Å². The molecular formula is C14H19NO2. The summed E-state index contributed by atoms with van der Waals surface area (Å²) >= 11 is 0. The van der Waals surface area contributed by atoms with E-state index in [0.29, 0.717) is 0 Å². The van der Waals surface area contributed by atoms with Crippen LogP contribution in [0, 0.1) is 0 Å². The molecule has 2 rings (SSSR count). The van der Waals surface area contributed by atoms with Gasteiger partial charge in [0.2, 0.25) is 5.91 Å². The van der Waals surface area contributed by atoms with Crippen molar-refractivity contribution in [2.75, 3.05) is 7.05 Å². The molecule has 1 aromatic carbocycles. The third-order valence-electron chi connectivity index (χ3n) is 3.82. The Labute approximate surface area is 102 Å². The fraction of sp³-hybridized carbons (Fsp3) is 0.500. The molecule has 1 aromatic rings. The molecule has 0 aromatic heterocycles. The lowest BCUT2D eigenvalue weighted by Gasteiger charge is -2.36. The Balaban J connectivity index is 2.33. The first-order chi connectivity index (χ1) is 8.05. The van der Waals surface area contributed by atoms with Crippen LogP contribution in [0.25, 0.3) is 0 Å². The lowest BCUT2D eigenvalue weighted by Crippen LogP contribution is -2.47. The molecule has 0 aliphatic heterocycles. The maximum absolute atomic E-state index is 11.5. The summed E-state index contributed by atoms with van der Waals surface area (Å²) in [4.78, 5) is 13.1. The maximum atomic E-state index is 11.5. The lowest BCUT2D eigenvalue weighted by molar-refractivity contribution is -0.135. The van der Waals surface area contributed by atoms with E-state index in [4.69, 9.17) is 0 Å². The Morgan fingerprint density at radius 3 is 2.65 bits per heavy atom. The first-order valence-electron chi connectivity index (χ1n) is 6.07. The van der Waals surface area contributed by atoms with Gasteiger partial charge in [-0.05, 0) is 24.8 Å². The third-order valence-corrected chi connectivity index (χ3v) is 3.82. The van der Waals surface area contributed by atoms with Gasteiger partial charge in [-0.3, -0.25) is 4.79 Å². The van der Waals surface area contributed by atoms with Gasteiger partial charge in [0.25, 0.3) is 0 Å². The number of aliphatic hydroxyl groups is 1. The number of rotatable bonds is 2. The summed E-state index contributed by atoms with van der Waals surface area (Å²) in [6, 6.07) is 9.55. The quantitative estimate of drug-likeness (QED) is 0.847. The molecule has 1 N–H and O–H groups in total. The van der Waals surface area contributed by atoms with E-state index in [0.717, 1.165) is 24.8 Å². The summed E-state index contributed by atoms with van der Waals surface area (Å²) < 4.78 is 0. The molecule has 3 nitrogen and oxygen atoms in total. The van der Waals surface area contributed by atoms with Crippen LogP contribution >= 0.6 is 0 Å². The molecular weight excluding hydrogens is 214 g/mol. The number of nitrogens with zero attached hydrogens (tertiary/aromatic N) is 1. The topological polar surface area (TPSA) is 40.5 Å². The van der Waals surface area contributed by atoms with Gasteiger partial charge in [0.15, 0.2) is 0 Å². The number of hydrogen-bond donors (Lipinski definition) is 1. The summed E-state index contributed by atoms with van der Waals surface area (Å²) in [5, 5.41) is 10.8. The molecule has 1 aliphatic rings. The smallest absolute Gasteiger partial charge is 0.219 e. The standard InChI is InChI=1S/C14H19NO2/c1-11(16)15(2)13-9-6-10-14(13,17)12-7-4-3-5-8-12/h3-5,7-8,13,17H,6,9-10H2,1-2H3. The van der Waals surface area contributed by atoms with Gasteiger partial charge in [-0.25, -0.2) is 0 Å². The van der Waals surface area contributed by atoms with E-state index in [2.05, 4.69) is 0 Å². The van der Waals surface area contributed by atoms with Crippen LogP contribution in [0.4, 0.5) is 0 Å². The van der Waals surface area contributed by atoms with Gasteiger partial charge in [-0.1, -0.05) is 30.3 Å². The van der Waals surface area contributed by atoms with Gasteiger partial charge in [0.05, 0.1) is 6.04 Å². The molecule has 0 radical (unpaired) electrons. The highest BCUT2D eigenvalue weighted by Crippen LogP contribution is 2.41. The molecule has 0 bridgehead atoms. The molecule has 1 fully saturated rings. The largest absolute Gasteiger partial charge is 0.383 e. The zero-order valence-electron chi connectivity index (χ0n) is 10.4. The van der Waals surface area contributed by atoms with Crippen molar-refractivity contribution in [3.8, 4) is 0 Å².